The summed E-state index contributed by atoms with van der Waals surface area (Å²) in [6, 6.07) is 13.3. The van der Waals surface area contributed by atoms with Crippen LogP contribution < -0.4 is 10.2 Å². The number of hydrogen-bond donors (Lipinski definition) is 1. The van der Waals surface area contributed by atoms with Gasteiger partial charge in [0.25, 0.3) is 0 Å². The summed E-state index contributed by atoms with van der Waals surface area (Å²) in [6.07, 6.45) is 0. The minimum absolute atomic E-state index is 0.00403. The fourth-order valence-electron chi connectivity index (χ4n) is 2.03. The molecule has 0 amide bonds. The zero-order chi connectivity index (χ0) is 15.2. The summed E-state index contributed by atoms with van der Waals surface area (Å²) in [5, 5.41) is 10.2. The number of likely N-dealkylation sites (N-methyl/N-ethyl adjacent to an activating group) is 1. The second kappa shape index (κ2) is 7.50. The summed E-state index contributed by atoms with van der Waals surface area (Å²) in [5.74, 6) is 0.805. The van der Waals surface area contributed by atoms with E-state index in [0.29, 0.717) is 11.6 Å². The lowest BCUT2D eigenvalue weighted by molar-refractivity contribution is 0.261. The minimum atomic E-state index is -0.00403. The molecule has 0 heterocycles. The Hall–Kier alpha value is -1.49. The minimum Gasteiger partial charge on any atom is -0.492 e. The highest BCUT2D eigenvalue weighted by Gasteiger charge is 2.08. The van der Waals surface area contributed by atoms with Gasteiger partial charge in [0.1, 0.15) is 12.4 Å². The molecule has 0 saturated carbocycles. The first kappa shape index (κ1) is 15.9. The van der Waals surface area contributed by atoms with Crippen LogP contribution in [0.3, 0.4) is 0 Å². The van der Waals surface area contributed by atoms with E-state index >= 15 is 0 Å². The molecule has 0 radical (unpaired) electrons. The molecule has 2 aromatic rings. The van der Waals surface area contributed by atoms with Gasteiger partial charge in [-0.05, 0) is 55.0 Å². The highest BCUT2D eigenvalue weighted by Crippen LogP contribution is 2.23. The first-order chi connectivity index (χ1) is 10.1. The molecule has 2 aromatic carbocycles. The average molecular weight is 304 g/mol. The van der Waals surface area contributed by atoms with E-state index in [1.165, 1.54) is 0 Å². The lowest BCUT2D eigenvalue weighted by Crippen LogP contribution is -2.20. The Kier molecular flexibility index (Phi) is 5.68. The highest BCUT2D eigenvalue weighted by atomic mass is 35.5. The molecule has 3 nitrogen and oxygen atoms in total. The smallest absolute Gasteiger partial charge is 0.305 e. The molecule has 1 N–H and O–H groups in total. The fourth-order valence-corrected chi connectivity index (χ4v) is 2.15. The molecule has 0 aliphatic carbocycles. The largest absolute Gasteiger partial charge is 0.492 e. The van der Waals surface area contributed by atoms with Crippen molar-refractivity contribution in [2.45, 2.75) is 0 Å². The van der Waals surface area contributed by atoms with Crippen molar-refractivity contribution < 1.29 is 9.76 Å². The van der Waals surface area contributed by atoms with Crippen molar-refractivity contribution in [3.05, 3.63) is 47.5 Å². The van der Waals surface area contributed by atoms with Gasteiger partial charge in [-0.2, -0.15) is 0 Å². The maximum absolute atomic E-state index is 9.50. The van der Waals surface area contributed by atoms with Gasteiger partial charge in [0.15, 0.2) is 0 Å². The third kappa shape index (κ3) is 4.50. The first-order valence-corrected chi connectivity index (χ1v) is 7.25. The monoisotopic (exact) mass is 303 g/mol. The summed E-state index contributed by atoms with van der Waals surface area (Å²) >= 11 is 5.92. The van der Waals surface area contributed by atoms with E-state index in [-0.39, 0.29) is 7.48 Å². The number of ether oxygens (including phenoxy) is 1. The van der Waals surface area contributed by atoms with Crippen LogP contribution in [-0.2, 0) is 0 Å². The topological polar surface area (TPSA) is 32.7 Å². The van der Waals surface area contributed by atoms with Crippen LogP contribution in [0.5, 0.6) is 5.75 Å². The van der Waals surface area contributed by atoms with Gasteiger partial charge in [0.2, 0.25) is 0 Å². The van der Waals surface area contributed by atoms with Gasteiger partial charge in [-0.25, -0.2) is 0 Å². The predicted octanol–water partition coefficient (Wildman–Crippen LogP) is 1.92. The molecule has 0 fully saturated rings. The molecule has 0 aromatic heterocycles. The van der Waals surface area contributed by atoms with Crippen molar-refractivity contribution in [1.29, 1.82) is 0 Å². The van der Waals surface area contributed by atoms with Crippen molar-refractivity contribution in [3.63, 3.8) is 0 Å². The van der Waals surface area contributed by atoms with Gasteiger partial charge in [-0.3, -0.25) is 0 Å². The normalized spacial score (nSPS) is 10.7. The third-order valence-corrected chi connectivity index (χ3v) is 3.47. The Morgan fingerprint density at radius 1 is 1.14 bits per heavy atom. The Morgan fingerprint density at radius 2 is 1.86 bits per heavy atom. The zero-order valence-electron chi connectivity index (χ0n) is 12.3. The van der Waals surface area contributed by atoms with E-state index in [1.54, 1.807) is 0 Å². The van der Waals surface area contributed by atoms with Crippen LogP contribution in [0.4, 0.5) is 0 Å². The number of benzene rings is 2. The van der Waals surface area contributed by atoms with Crippen molar-refractivity contribution in [2.75, 3.05) is 27.2 Å². The van der Waals surface area contributed by atoms with E-state index in [2.05, 4.69) is 4.90 Å². The van der Waals surface area contributed by atoms with Crippen molar-refractivity contribution in [1.82, 2.24) is 4.90 Å². The number of halogens is 1. The number of hydrogen-bond acceptors (Lipinski definition) is 3. The van der Waals surface area contributed by atoms with Crippen LogP contribution in [0.1, 0.15) is 0 Å². The molecule has 0 atom stereocenters. The first-order valence-electron chi connectivity index (χ1n) is 6.87. The van der Waals surface area contributed by atoms with E-state index in [9.17, 15) is 5.02 Å². The molecule has 5 heteroatoms. The number of rotatable bonds is 6. The van der Waals surface area contributed by atoms with Gasteiger partial charge in [-0.1, -0.05) is 29.8 Å². The molecule has 2 rings (SSSR count). The van der Waals surface area contributed by atoms with Crippen LogP contribution in [0.2, 0.25) is 5.02 Å². The second-order valence-electron chi connectivity index (χ2n) is 5.14. The van der Waals surface area contributed by atoms with Crippen molar-refractivity contribution >= 4 is 24.5 Å². The van der Waals surface area contributed by atoms with Gasteiger partial charge in [0, 0.05) is 11.6 Å². The maximum atomic E-state index is 9.50. The second-order valence-corrected chi connectivity index (χ2v) is 5.57. The van der Waals surface area contributed by atoms with Gasteiger partial charge < -0.3 is 14.7 Å². The van der Waals surface area contributed by atoms with Crippen LogP contribution in [0.25, 0.3) is 11.1 Å². The number of nitrogens with zero attached hydrogens (tertiary/aromatic N) is 1. The zero-order valence-corrected chi connectivity index (χ0v) is 13.1. The van der Waals surface area contributed by atoms with E-state index < -0.39 is 0 Å². The standard InChI is InChI=1S/C16H19BClNO2/c1-19(2)9-10-21-14-7-8-16(17-20)15(11-14)12-3-5-13(18)6-4-12/h3-8,11,17,20H,9-10H2,1-2H3. The van der Waals surface area contributed by atoms with Gasteiger partial charge in [0.05, 0.1) is 0 Å². The molecular formula is C16H19BClNO2. The van der Waals surface area contributed by atoms with E-state index in [0.717, 1.165) is 28.9 Å². The molecule has 0 bridgehead atoms. The Balaban J connectivity index is 2.23. The summed E-state index contributed by atoms with van der Waals surface area (Å²) in [6.45, 7) is 1.49. The summed E-state index contributed by atoms with van der Waals surface area (Å²) in [7, 11) is 4.02. The van der Waals surface area contributed by atoms with Crippen molar-refractivity contribution in [2.24, 2.45) is 0 Å². The summed E-state index contributed by atoms with van der Waals surface area (Å²) in [4.78, 5) is 2.07. The van der Waals surface area contributed by atoms with Crippen LogP contribution in [0.15, 0.2) is 42.5 Å². The molecule has 0 aliphatic rings. The molecule has 0 aliphatic heterocycles. The lowest BCUT2D eigenvalue weighted by Gasteiger charge is -2.13. The van der Waals surface area contributed by atoms with Crippen LogP contribution in [0, 0.1) is 0 Å². The Morgan fingerprint density at radius 3 is 2.48 bits per heavy atom. The summed E-state index contributed by atoms with van der Waals surface area (Å²) in [5.41, 5.74) is 2.86. The molecule has 0 spiro atoms. The Labute approximate surface area is 131 Å². The molecular weight excluding hydrogens is 284 g/mol. The van der Waals surface area contributed by atoms with Crippen LogP contribution >= 0.6 is 11.6 Å². The van der Waals surface area contributed by atoms with Gasteiger partial charge in [-0.15, -0.1) is 0 Å². The SMILES string of the molecule is CN(C)CCOc1ccc(BO)c(-c2ccc(Cl)cc2)c1. The Bertz CT molecular complexity index is 587. The predicted molar refractivity (Wildman–Crippen MR) is 89.9 cm³/mol. The highest BCUT2D eigenvalue weighted by molar-refractivity contribution is 6.48. The maximum Gasteiger partial charge on any atom is 0.305 e. The van der Waals surface area contributed by atoms with E-state index in [1.807, 2.05) is 56.6 Å². The lowest BCUT2D eigenvalue weighted by atomic mass is 9.82. The van der Waals surface area contributed by atoms with Crippen molar-refractivity contribution in [3.8, 4) is 16.9 Å². The molecule has 0 unspecified atom stereocenters. The average Bonchev–Trinajstić information content (AvgIpc) is 2.47. The fraction of sp³-hybridized carbons (Fsp3) is 0.250. The van der Waals surface area contributed by atoms with E-state index in [4.69, 9.17) is 16.3 Å². The van der Waals surface area contributed by atoms with Crippen LogP contribution in [-0.4, -0.2) is 44.7 Å². The quantitative estimate of drug-likeness (QED) is 0.828. The summed E-state index contributed by atoms with van der Waals surface area (Å²) < 4.78 is 5.75. The molecule has 0 saturated heterocycles. The third-order valence-electron chi connectivity index (χ3n) is 3.21. The molecule has 110 valence electrons. The van der Waals surface area contributed by atoms with Gasteiger partial charge >= 0.3 is 7.48 Å². The molecule has 21 heavy (non-hydrogen) atoms.